The van der Waals surface area contributed by atoms with Gasteiger partial charge in [0.2, 0.25) is 0 Å². The second-order valence-electron chi connectivity index (χ2n) is 7.32. The van der Waals surface area contributed by atoms with Gasteiger partial charge >= 0.3 is 0 Å². The van der Waals surface area contributed by atoms with E-state index in [2.05, 4.69) is 19.2 Å². The van der Waals surface area contributed by atoms with Gasteiger partial charge in [-0.2, -0.15) is 0 Å². The fourth-order valence-corrected chi connectivity index (χ4v) is 3.02. The quantitative estimate of drug-likeness (QED) is 0.737. The summed E-state index contributed by atoms with van der Waals surface area (Å²) in [4.78, 5) is 12.8. The van der Waals surface area contributed by atoms with Crippen molar-refractivity contribution in [3.8, 4) is 5.75 Å². The van der Waals surface area contributed by atoms with Crippen LogP contribution in [0, 0.1) is 19.8 Å². The third-order valence-corrected chi connectivity index (χ3v) is 3.81. The molecule has 1 unspecified atom stereocenters. The number of benzene rings is 1. The van der Waals surface area contributed by atoms with Gasteiger partial charge in [0.15, 0.2) is 0 Å². The molecule has 136 valence electrons. The van der Waals surface area contributed by atoms with E-state index in [9.17, 15) is 4.79 Å². The minimum Gasteiger partial charge on any atom is -0.490 e. The molecular weight excluding hydrogens is 302 g/mol. The number of amides is 1. The Hall–Kier alpha value is -1.55. The van der Waals surface area contributed by atoms with Gasteiger partial charge in [0.1, 0.15) is 11.4 Å². The molecule has 1 amide bonds. The molecule has 1 atom stereocenters. The standard InChI is InChI=1S/C20H33NO3/c1-9-23-20(8,12-13(2)3)19(22)21-17-10-15(6)18(16(7)11-17)24-14(4)5/h10-11,13-14H,9,12H2,1-8H3,(H,21,22). The Morgan fingerprint density at radius 2 is 1.71 bits per heavy atom. The lowest BCUT2D eigenvalue weighted by Crippen LogP contribution is -2.44. The van der Waals surface area contributed by atoms with Crippen LogP contribution in [0.1, 0.15) is 59.1 Å². The lowest BCUT2D eigenvalue weighted by atomic mass is 9.93. The first kappa shape index (κ1) is 20.5. The van der Waals surface area contributed by atoms with Crippen LogP contribution in [0.5, 0.6) is 5.75 Å². The molecule has 0 saturated carbocycles. The maximum atomic E-state index is 12.8. The smallest absolute Gasteiger partial charge is 0.256 e. The Kier molecular flexibility index (Phi) is 7.27. The van der Waals surface area contributed by atoms with Crippen LogP contribution in [-0.4, -0.2) is 24.2 Å². The molecule has 0 aliphatic carbocycles. The number of ether oxygens (including phenoxy) is 2. The van der Waals surface area contributed by atoms with Crippen molar-refractivity contribution in [2.75, 3.05) is 11.9 Å². The molecular formula is C20H33NO3. The summed E-state index contributed by atoms with van der Waals surface area (Å²) in [6, 6.07) is 3.90. The van der Waals surface area contributed by atoms with Crippen LogP contribution in [0.3, 0.4) is 0 Å². The van der Waals surface area contributed by atoms with Gasteiger partial charge in [0.05, 0.1) is 6.10 Å². The summed E-state index contributed by atoms with van der Waals surface area (Å²) >= 11 is 0. The third kappa shape index (κ3) is 5.52. The van der Waals surface area contributed by atoms with E-state index in [4.69, 9.17) is 9.47 Å². The molecule has 0 aliphatic rings. The average molecular weight is 335 g/mol. The van der Waals surface area contributed by atoms with Crippen molar-refractivity contribution >= 4 is 11.6 Å². The van der Waals surface area contributed by atoms with Crippen molar-refractivity contribution in [3.63, 3.8) is 0 Å². The zero-order valence-electron chi connectivity index (χ0n) is 16.4. The first-order chi connectivity index (χ1) is 11.1. The van der Waals surface area contributed by atoms with Crippen LogP contribution < -0.4 is 10.1 Å². The highest BCUT2D eigenvalue weighted by molar-refractivity contribution is 5.97. The highest BCUT2D eigenvalue weighted by Gasteiger charge is 2.34. The molecule has 0 spiro atoms. The molecule has 0 bridgehead atoms. The molecule has 0 saturated heterocycles. The van der Waals surface area contributed by atoms with Crippen molar-refractivity contribution in [1.82, 2.24) is 0 Å². The molecule has 1 aromatic rings. The number of nitrogens with one attached hydrogen (secondary N) is 1. The summed E-state index contributed by atoms with van der Waals surface area (Å²) in [5.41, 5.74) is 1.99. The van der Waals surface area contributed by atoms with Gasteiger partial charge < -0.3 is 14.8 Å². The molecule has 0 aromatic heterocycles. The topological polar surface area (TPSA) is 47.6 Å². The Balaban J connectivity index is 3.00. The van der Waals surface area contributed by atoms with E-state index in [1.165, 1.54) is 0 Å². The number of anilines is 1. The maximum absolute atomic E-state index is 12.8. The van der Waals surface area contributed by atoms with Crippen LogP contribution >= 0.6 is 0 Å². The predicted molar refractivity (Wildman–Crippen MR) is 99.8 cm³/mol. The fourth-order valence-electron chi connectivity index (χ4n) is 3.02. The summed E-state index contributed by atoms with van der Waals surface area (Å²) in [5.74, 6) is 1.16. The average Bonchev–Trinajstić information content (AvgIpc) is 2.42. The maximum Gasteiger partial charge on any atom is 0.256 e. The zero-order chi connectivity index (χ0) is 18.5. The van der Waals surface area contributed by atoms with Crippen molar-refractivity contribution in [3.05, 3.63) is 23.3 Å². The molecule has 0 heterocycles. The SMILES string of the molecule is CCOC(C)(CC(C)C)C(=O)Nc1cc(C)c(OC(C)C)c(C)c1. The van der Waals surface area contributed by atoms with E-state index in [1.54, 1.807) is 0 Å². The van der Waals surface area contributed by atoms with E-state index in [1.807, 2.05) is 53.7 Å². The number of carbonyl (C=O) groups excluding carboxylic acids is 1. The lowest BCUT2D eigenvalue weighted by Gasteiger charge is -2.30. The molecule has 0 fully saturated rings. The van der Waals surface area contributed by atoms with Gasteiger partial charge in [-0.1, -0.05) is 13.8 Å². The largest absolute Gasteiger partial charge is 0.490 e. The van der Waals surface area contributed by atoms with E-state index in [0.29, 0.717) is 18.9 Å². The summed E-state index contributed by atoms with van der Waals surface area (Å²) in [5, 5.41) is 3.02. The van der Waals surface area contributed by atoms with Gasteiger partial charge in [0, 0.05) is 12.3 Å². The second-order valence-corrected chi connectivity index (χ2v) is 7.32. The second kappa shape index (κ2) is 8.52. The summed E-state index contributed by atoms with van der Waals surface area (Å²) < 4.78 is 11.6. The fraction of sp³-hybridized carbons (Fsp3) is 0.650. The Labute approximate surface area is 146 Å². The van der Waals surface area contributed by atoms with Crippen molar-refractivity contribution < 1.29 is 14.3 Å². The summed E-state index contributed by atoms with van der Waals surface area (Å²) in [6.07, 6.45) is 0.800. The molecule has 4 nitrogen and oxygen atoms in total. The highest BCUT2D eigenvalue weighted by Crippen LogP contribution is 2.29. The minimum absolute atomic E-state index is 0.102. The Morgan fingerprint density at radius 1 is 1.17 bits per heavy atom. The van der Waals surface area contributed by atoms with Gasteiger partial charge in [-0.3, -0.25) is 4.79 Å². The number of hydrogen-bond donors (Lipinski definition) is 1. The van der Waals surface area contributed by atoms with E-state index < -0.39 is 5.60 Å². The van der Waals surface area contributed by atoms with Crippen molar-refractivity contribution in [1.29, 1.82) is 0 Å². The molecule has 1 rings (SSSR count). The highest BCUT2D eigenvalue weighted by atomic mass is 16.5. The Morgan fingerprint density at radius 3 is 2.12 bits per heavy atom. The number of hydrogen-bond acceptors (Lipinski definition) is 3. The predicted octanol–water partition coefficient (Wildman–Crippen LogP) is 4.87. The van der Waals surface area contributed by atoms with Crippen LogP contribution in [0.25, 0.3) is 0 Å². The van der Waals surface area contributed by atoms with Gasteiger partial charge in [0.25, 0.3) is 5.91 Å². The van der Waals surface area contributed by atoms with E-state index in [-0.39, 0.29) is 12.0 Å². The van der Waals surface area contributed by atoms with E-state index >= 15 is 0 Å². The lowest BCUT2D eigenvalue weighted by molar-refractivity contribution is -0.140. The number of carbonyl (C=O) groups is 1. The first-order valence-electron chi connectivity index (χ1n) is 8.82. The third-order valence-electron chi connectivity index (χ3n) is 3.81. The molecule has 0 aliphatic heterocycles. The first-order valence-corrected chi connectivity index (χ1v) is 8.82. The van der Waals surface area contributed by atoms with Gasteiger partial charge in [-0.05, 0) is 77.1 Å². The normalized spacial score (nSPS) is 13.9. The molecule has 24 heavy (non-hydrogen) atoms. The molecule has 0 radical (unpaired) electrons. The summed E-state index contributed by atoms with van der Waals surface area (Å²) in [6.45, 7) is 16.5. The van der Waals surface area contributed by atoms with Crippen LogP contribution in [-0.2, 0) is 9.53 Å². The zero-order valence-corrected chi connectivity index (χ0v) is 16.4. The van der Waals surface area contributed by atoms with Crippen LogP contribution in [0.15, 0.2) is 12.1 Å². The van der Waals surface area contributed by atoms with Gasteiger partial charge in [-0.15, -0.1) is 0 Å². The van der Waals surface area contributed by atoms with Gasteiger partial charge in [-0.25, -0.2) is 0 Å². The van der Waals surface area contributed by atoms with Crippen molar-refractivity contribution in [2.45, 2.75) is 73.5 Å². The number of aryl methyl sites for hydroxylation is 2. The van der Waals surface area contributed by atoms with Crippen LogP contribution in [0.2, 0.25) is 0 Å². The number of rotatable bonds is 8. The van der Waals surface area contributed by atoms with Crippen LogP contribution in [0.4, 0.5) is 5.69 Å². The monoisotopic (exact) mass is 335 g/mol. The summed E-state index contributed by atoms with van der Waals surface area (Å²) in [7, 11) is 0. The van der Waals surface area contributed by atoms with Crippen molar-refractivity contribution in [2.24, 2.45) is 5.92 Å². The minimum atomic E-state index is -0.822. The molecule has 1 N–H and O–H groups in total. The Bertz CT molecular complexity index is 543. The van der Waals surface area contributed by atoms with E-state index in [0.717, 1.165) is 22.6 Å². The molecule has 1 aromatic carbocycles. The molecule has 4 heteroatoms.